The molecule has 110 valence electrons. The zero-order chi connectivity index (χ0) is 14.7. The van der Waals surface area contributed by atoms with Gasteiger partial charge in [-0.15, -0.1) is 0 Å². The van der Waals surface area contributed by atoms with Crippen LogP contribution in [0.3, 0.4) is 0 Å². The van der Waals surface area contributed by atoms with Crippen molar-refractivity contribution in [1.29, 1.82) is 0 Å². The van der Waals surface area contributed by atoms with Crippen LogP contribution in [0.2, 0.25) is 5.02 Å². The largest absolute Gasteiger partial charge is 0.298 e. The van der Waals surface area contributed by atoms with Gasteiger partial charge in [-0.25, -0.2) is 0 Å². The molecule has 1 aromatic rings. The van der Waals surface area contributed by atoms with Gasteiger partial charge in [0.2, 0.25) is 0 Å². The summed E-state index contributed by atoms with van der Waals surface area (Å²) in [5.74, 6) is 0. The maximum atomic E-state index is 10.9. The fourth-order valence-electron chi connectivity index (χ4n) is 2.74. The normalized spacial score (nSPS) is 21.1. The summed E-state index contributed by atoms with van der Waals surface area (Å²) in [7, 11) is 0. The second-order valence-corrected chi connectivity index (χ2v) is 5.66. The van der Waals surface area contributed by atoms with E-state index in [2.05, 4.69) is 23.6 Å². The van der Waals surface area contributed by atoms with Gasteiger partial charge in [0.25, 0.3) is 5.69 Å². The lowest BCUT2D eigenvalue weighted by Gasteiger charge is -2.39. The first-order chi connectivity index (χ1) is 9.51. The van der Waals surface area contributed by atoms with Crippen molar-refractivity contribution in [3.05, 3.63) is 38.9 Å². The number of hydrogen-bond donors (Lipinski definition) is 0. The third-order valence-corrected chi connectivity index (χ3v) is 4.19. The van der Waals surface area contributed by atoms with Crippen molar-refractivity contribution in [2.24, 2.45) is 0 Å². The Labute approximate surface area is 124 Å². The summed E-state index contributed by atoms with van der Waals surface area (Å²) >= 11 is 5.83. The lowest BCUT2D eigenvalue weighted by atomic mass is 10.1. The molecule has 1 atom stereocenters. The van der Waals surface area contributed by atoms with Crippen LogP contribution < -0.4 is 0 Å². The maximum absolute atomic E-state index is 10.9. The predicted molar refractivity (Wildman–Crippen MR) is 80.1 cm³/mol. The van der Waals surface area contributed by atoms with Crippen LogP contribution in [0.15, 0.2) is 18.2 Å². The Morgan fingerprint density at radius 1 is 1.45 bits per heavy atom. The van der Waals surface area contributed by atoms with Crippen LogP contribution in [0.25, 0.3) is 0 Å². The number of nitro groups is 1. The van der Waals surface area contributed by atoms with E-state index in [-0.39, 0.29) is 10.7 Å². The molecule has 1 saturated heterocycles. The van der Waals surface area contributed by atoms with Crippen molar-refractivity contribution < 1.29 is 4.92 Å². The second-order valence-electron chi connectivity index (χ2n) is 5.26. The van der Waals surface area contributed by atoms with Gasteiger partial charge in [0, 0.05) is 38.3 Å². The van der Waals surface area contributed by atoms with Crippen molar-refractivity contribution in [3.63, 3.8) is 0 Å². The van der Waals surface area contributed by atoms with Crippen LogP contribution in [0.5, 0.6) is 0 Å². The fraction of sp³-hybridized carbons (Fsp3) is 0.571. The van der Waals surface area contributed by atoms with Crippen LogP contribution in [-0.4, -0.2) is 46.9 Å². The molecule has 20 heavy (non-hydrogen) atoms. The van der Waals surface area contributed by atoms with Crippen LogP contribution in [0, 0.1) is 10.1 Å². The Hall–Kier alpha value is -1.17. The van der Waals surface area contributed by atoms with Gasteiger partial charge in [0.05, 0.1) is 4.92 Å². The molecule has 0 N–H and O–H groups in total. The van der Waals surface area contributed by atoms with E-state index >= 15 is 0 Å². The molecular weight excluding hydrogens is 278 g/mol. The minimum absolute atomic E-state index is 0.00981. The molecule has 1 unspecified atom stereocenters. The molecule has 0 bridgehead atoms. The van der Waals surface area contributed by atoms with Gasteiger partial charge in [-0.2, -0.15) is 0 Å². The minimum atomic E-state index is -0.427. The van der Waals surface area contributed by atoms with E-state index in [4.69, 9.17) is 11.6 Å². The topological polar surface area (TPSA) is 49.6 Å². The Kier molecular flexibility index (Phi) is 4.96. The molecule has 5 nitrogen and oxygen atoms in total. The summed E-state index contributed by atoms with van der Waals surface area (Å²) < 4.78 is 0. The maximum Gasteiger partial charge on any atom is 0.288 e. The van der Waals surface area contributed by atoms with Gasteiger partial charge in [-0.3, -0.25) is 19.9 Å². The summed E-state index contributed by atoms with van der Waals surface area (Å²) in [6, 6.07) is 5.59. The van der Waals surface area contributed by atoms with Crippen LogP contribution in [0.4, 0.5) is 5.69 Å². The fourth-order valence-corrected chi connectivity index (χ4v) is 2.93. The molecule has 6 heteroatoms. The Morgan fingerprint density at radius 2 is 2.20 bits per heavy atom. The Bertz CT molecular complexity index is 495. The smallest absolute Gasteiger partial charge is 0.288 e. The van der Waals surface area contributed by atoms with E-state index in [9.17, 15) is 10.1 Å². The van der Waals surface area contributed by atoms with Gasteiger partial charge in [0.1, 0.15) is 5.02 Å². The highest BCUT2D eigenvalue weighted by atomic mass is 35.5. The molecule has 0 amide bonds. The lowest BCUT2D eigenvalue weighted by molar-refractivity contribution is -0.384. The SMILES string of the molecule is CCN1CCN(Cc2ccc(Cl)c([N+](=O)[O-])c2)CC1C. The van der Waals surface area contributed by atoms with E-state index < -0.39 is 4.92 Å². The average Bonchev–Trinajstić information content (AvgIpc) is 2.41. The van der Waals surface area contributed by atoms with E-state index in [1.54, 1.807) is 12.1 Å². The molecule has 0 radical (unpaired) electrons. The van der Waals surface area contributed by atoms with Gasteiger partial charge in [-0.1, -0.05) is 24.6 Å². The molecule has 0 aromatic heterocycles. The summed E-state index contributed by atoms with van der Waals surface area (Å²) in [6.07, 6.45) is 0. The third-order valence-electron chi connectivity index (χ3n) is 3.87. The van der Waals surface area contributed by atoms with Crippen LogP contribution in [-0.2, 0) is 6.54 Å². The number of nitrogens with zero attached hydrogens (tertiary/aromatic N) is 3. The quantitative estimate of drug-likeness (QED) is 0.633. The molecule has 1 aliphatic rings. The molecule has 1 fully saturated rings. The van der Waals surface area contributed by atoms with Gasteiger partial charge in [0.15, 0.2) is 0 Å². The molecule has 2 rings (SSSR count). The first-order valence-corrected chi connectivity index (χ1v) is 7.28. The first-order valence-electron chi connectivity index (χ1n) is 6.90. The Morgan fingerprint density at radius 3 is 2.80 bits per heavy atom. The highest BCUT2D eigenvalue weighted by Gasteiger charge is 2.23. The van der Waals surface area contributed by atoms with Gasteiger partial charge < -0.3 is 0 Å². The van der Waals surface area contributed by atoms with Crippen LogP contribution in [0.1, 0.15) is 19.4 Å². The van der Waals surface area contributed by atoms with Gasteiger partial charge in [-0.05, 0) is 25.1 Å². The lowest BCUT2D eigenvalue weighted by Crippen LogP contribution is -2.51. The summed E-state index contributed by atoms with van der Waals surface area (Å²) in [5.41, 5.74) is 0.933. The number of nitro benzene ring substituents is 1. The van der Waals surface area contributed by atoms with Crippen molar-refractivity contribution in [2.75, 3.05) is 26.2 Å². The summed E-state index contributed by atoms with van der Waals surface area (Å²) in [5, 5.41) is 11.1. The number of halogens is 1. The molecule has 1 aromatic carbocycles. The van der Waals surface area contributed by atoms with Crippen LogP contribution >= 0.6 is 11.6 Å². The Balaban J connectivity index is 2.04. The first kappa shape index (κ1) is 15.2. The zero-order valence-corrected chi connectivity index (χ0v) is 12.6. The standard InChI is InChI=1S/C14H20ClN3O2/c1-3-17-7-6-16(9-11(17)2)10-12-4-5-13(15)14(8-12)18(19)20/h4-5,8,11H,3,6-7,9-10H2,1-2H3. The molecule has 0 saturated carbocycles. The number of rotatable bonds is 4. The minimum Gasteiger partial charge on any atom is -0.298 e. The van der Waals surface area contributed by atoms with E-state index in [0.717, 1.165) is 38.3 Å². The van der Waals surface area contributed by atoms with Crippen molar-refractivity contribution >= 4 is 17.3 Å². The molecular formula is C14H20ClN3O2. The third kappa shape index (κ3) is 3.48. The number of benzene rings is 1. The van der Waals surface area contributed by atoms with E-state index in [1.165, 1.54) is 0 Å². The van der Waals surface area contributed by atoms with Crippen molar-refractivity contribution in [1.82, 2.24) is 9.80 Å². The van der Waals surface area contributed by atoms with E-state index in [1.807, 2.05) is 6.07 Å². The van der Waals surface area contributed by atoms with Crippen molar-refractivity contribution in [2.45, 2.75) is 26.4 Å². The number of likely N-dealkylation sites (N-methyl/N-ethyl adjacent to an activating group) is 1. The van der Waals surface area contributed by atoms with E-state index in [0.29, 0.717) is 6.04 Å². The van der Waals surface area contributed by atoms with Crippen molar-refractivity contribution in [3.8, 4) is 0 Å². The second kappa shape index (κ2) is 6.52. The molecule has 1 heterocycles. The summed E-state index contributed by atoms with van der Waals surface area (Å²) in [4.78, 5) is 15.3. The molecule has 0 aliphatic carbocycles. The summed E-state index contributed by atoms with van der Waals surface area (Å²) in [6.45, 7) is 9.24. The highest BCUT2D eigenvalue weighted by molar-refractivity contribution is 6.32. The monoisotopic (exact) mass is 297 g/mol. The number of hydrogen-bond acceptors (Lipinski definition) is 4. The number of piperazine rings is 1. The highest BCUT2D eigenvalue weighted by Crippen LogP contribution is 2.26. The predicted octanol–water partition coefficient (Wildman–Crippen LogP) is 2.77. The average molecular weight is 298 g/mol. The molecule has 1 aliphatic heterocycles. The zero-order valence-electron chi connectivity index (χ0n) is 11.9. The molecule has 0 spiro atoms. The van der Waals surface area contributed by atoms with Gasteiger partial charge >= 0.3 is 0 Å².